The number of allylic oxidation sites excluding steroid dienone is 1. The zero-order chi connectivity index (χ0) is 10.7. The van der Waals surface area contributed by atoms with Crippen LogP contribution in [-0.2, 0) is 4.79 Å². The number of carbonyl (C=O) groups is 1. The molecule has 0 amide bonds. The van der Waals surface area contributed by atoms with E-state index in [0.29, 0.717) is 0 Å². The molecule has 1 aromatic rings. The predicted octanol–water partition coefficient (Wildman–Crippen LogP) is 2.41. The molecule has 15 heavy (non-hydrogen) atoms. The van der Waals surface area contributed by atoms with E-state index in [-0.39, 0.29) is 6.79 Å². The Morgan fingerprint density at radius 2 is 2.20 bits per heavy atom. The highest BCUT2D eigenvalue weighted by Crippen LogP contribution is 2.33. The normalized spacial score (nSPS) is 14.1. The number of carbonyl (C=O) groups excluding carboxylic acids is 1. The molecule has 1 aliphatic rings. The topological polar surface area (TPSA) is 35.5 Å². The second-order valence-corrected chi connectivity index (χ2v) is 3.30. The SMILES string of the molecule is CC/C(C=O)=C/c1ccc2c(c1)OCO2. The Labute approximate surface area is 88.3 Å². The molecule has 0 bridgehead atoms. The number of hydrogen-bond donors (Lipinski definition) is 0. The molecule has 3 heteroatoms. The first kappa shape index (κ1) is 9.77. The van der Waals surface area contributed by atoms with Gasteiger partial charge in [0.05, 0.1) is 0 Å². The van der Waals surface area contributed by atoms with Gasteiger partial charge in [0.25, 0.3) is 0 Å². The zero-order valence-corrected chi connectivity index (χ0v) is 8.53. The van der Waals surface area contributed by atoms with Crippen LogP contribution in [-0.4, -0.2) is 13.1 Å². The van der Waals surface area contributed by atoms with Crippen LogP contribution < -0.4 is 9.47 Å². The Kier molecular flexibility index (Phi) is 2.72. The third-order valence-electron chi connectivity index (χ3n) is 2.31. The van der Waals surface area contributed by atoms with Crippen LogP contribution in [0.3, 0.4) is 0 Å². The van der Waals surface area contributed by atoms with Crippen LogP contribution in [0.5, 0.6) is 11.5 Å². The summed E-state index contributed by atoms with van der Waals surface area (Å²) in [4.78, 5) is 10.6. The molecule has 78 valence electrons. The average molecular weight is 204 g/mol. The molecule has 0 N–H and O–H groups in total. The summed E-state index contributed by atoms with van der Waals surface area (Å²) in [6.45, 7) is 2.23. The lowest BCUT2D eigenvalue weighted by Gasteiger charge is -1.99. The summed E-state index contributed by atoms with van der Waals surface area (Å²) in [5.74, 6) is 1.50. The predicted molar refractivity (Wildman–Crippen MR) is 56.9 cm³/mol. The Balaban J connectivity index is 2.30. The second kappa shape index (κ2) is 4.17. The van der Waals surface area contributed by atoms with Gasteiger partial charge in [-0.3, -0.25) is 4.79 Å². The molecule has 1 aromatic carbocycles. The van der Waals surface area contributed by atoms with Gasteiger partial charge in [-0.1, -0.05) is 13.0 Å². The van der Waals surface area contributed by atoms with E-state index in [4.69, 9.17) is 9.47 Å². The van der Waals surface area contributed by atoms with Crippen molar-refractivity contribution in [3.63, 3.8) is 0 Å². The van der Waals surface area contributed by atoms with Crippen molar-refractivity contribution >= 4 is 12.4 Å². The smallest absolute Gasteiger partial charge is 0.231 e. The fraction of sp³-hybridized carbons (Fsp3) is 0.250. The van der Waals surface area contributed by atoms with E-state index in [0.717, 1.165) is 35.3 Å². The van der Waals surface area contributed by atoms with Crippen LogP contribution >= 0.6 is 0 Å². The summed E-state index contributed by atoms with van der Waals surface area (Å²) in [5, 5.41) is 0. The lowest BCUT2D eigenvalue weighted by molar-refractivity contribution is -0.104. The van der Waals surface area contributed by atoms with Crippen molar-refractivity contribution in [2.75, 3.05) is 6.79 Å². The molecule has 0 atom stereocenters. The van der Waals surface area contributed by atoms with Crippen molar-refractivity contribution in [1.29, 1.82) is 0 Å². The van der Waals surface area contributed by atoms with Gasteiger partial charge < -0.3 is 9.47 Å². The molecule has 0 unspecified atom stereocenters. The van der Waals surface area contributed by atoms with Crippen LogP contribution in [0.15, 0.2) is 23.8 Å². The minimum Gasteiger partial charge on any atom is -0.454 e. The largest absolute Gasteiger partial charge is 0.454 e. The summed E-state index contributed by atoms with van der Waals surface area (Å²) in [6.07, 6.45) is 3.47. The lowest BCUT2D eigenvalue weighted by atomic mass is 10.1. The average Bonchev–Trinajstić information content (AvgIpc) is 2.73. The minimum atomic E-state index is 0.275. The first-order valence-corrected chi connectivity index (χ1v) is 4.89. The molecule has 0 saturated carbocycles. The number of fused-ring (bicyclic) bond motifs is 1. The van der Waals surface area contributed by atoms with E-state index >= 15 is 0 Å². The summed E-state index contributed by atoms with van der Waals surface area (Å²) in [6, 6.07) is 5.64. The molecule has 0 radical (unpaired) electrons. The Bertz CT molecular complexity index is 407. The molecule has 0 aromatic heterocycles. The van der Waals surface area contributed by atoms with Crippen molar-refractivity contribution in [2.24, 2.45) is 0 Å². The van der Waals surface area contributed by atoms with Crippen LogP contribution in [0.1, 0.15) is 18.9 Å². The zero-order valence-electron chi connectivity index (χ0n) is 8.53. The monoisotopic (exact) mass is 204 g/mol. The van der Waals surface area contributed by atoms with E-state index in [1.165, 1.54) is 0 Å². The molecule has 0 spiro atoms. The highest BCUT2D eigenvalue weighted by molar-refractivity contribution is 5.81. The van der Waals surface area contributed by atoms with Gasteiger partial charge in [0.2, 0.25) is 6.79 Å². The number of rotatable bonds is 3. The summed E-state index contributed by atoms with van der Waals surface area (Å²) >= 11 is 0. The first-order chi connectivity index (χ1) is 7.33. The van der Waals surface area contributed by atoms with Crippen LogP contribution in [0.4, 0.5) is 0 Å². The van der Waals surface area contributed by atoms with Gasteiger partial charge in [-0.05, 0) is 35.8 Å². The van der Waals surface area contributed by atoms with E-state index in [9.17, 15) is 4.79 Å². The fourth-order valence-corrected chi connectivity index (χ4v) is 1.44. The molecule has 0 aliphatic carbocycles. The van der Waals surface area contributed by atoms with E-state index < -0.39 is 0 Å². The fourth-order valence-electron chi connectivity index (χ4n) is 1.44. The van der Waals surface area contributed by atoms with E-state index in [2.05, 4.69) is 0 Å². The molecule has 0 fully saturated rings. The Morgan fingerprint density at radius 1 is 1.40 bits per heavy atom. The maximum Gasteiger partial charge on any atom is 0.231 e. The lowest BCUT2D eigenvalue weighted by Crippen LogP contribution is -1.92. The number of aldehydes is 1. The quantitative estimate of drug-likeness (QED) is 0.560. The summed E-state index contributed by atoms with van der Waals surface area (Å²) in [7, 11) is 0. The van der Waals surface area contributed by atoms with Gasteiger partial charge in [0, 0.05) is 0 Å². The molecule has 1 aliphatic heterocycles. The van der Waals surface area contributed by atoms with E-state index in [1.807, 2.05) is 31.2 Å². The third kappa shape index (κ3) is 2.01. The maximum atomic E-state index is 10.6. The van der Waals surface area contributed by atoms with Gasteiger partial charge in [0.15, 0.2) is 11.5 Å². The van der Waals surface area contributed by atoms with Crippen LogP contribution in [0.2, 0.25) is 0 Å². The van der Waals surface area contributed by atoms with E-state index in [1.54, 1.807) is 0 Å². The maximum absolute atomic E-state index is 10.6. The summed E-state index contributed by atoms with van der Waals surface area (Å²) in [5.41, 5.74) is 1.73. The van der Waals surface area contributed by atoms with Crippen LogP contribution in [0.25, 0.3) is 6.08 Å². The van der Waals surface area contributed by atoms with Gasteiger partial charge in [0.1, 0.15) is 6.29 Å². The van der Waals surface area contributed by atoms with Crippen molar-refractivity contribution in [3.05, 3.63) is 29.3 Å². The van der Waals surface area contributed by atoms with Crippen molar-refractivity contribution in [2.45, 2.75) is 13.3 Å². The second-order valence-electron chi connectivity index (χ2n) is 3.30. The van der Waals surface area contributed by atoms with Gasteiger partial charge in [-0.25, -0.2) is 0 Å². The van der Waals surface area contributed by atoms with Gasteiger partial charge in [-0.15, -0.1) is 0 Å². The Hall–Kier alpha value is -1.77. The highest BCUT2D eigenvalue weighted by Gasteiger charge is 2.12. The Morgan fingerprint density at radius 3 is 2.93 bits per heavy atom. The molecule has 0 saturated heterocycles. The standard InChI is InChI=1S/C12H12O3/c1-2-9(7-13)5-10-3-4-11-12(6-10)15-8-14-11/h3-7H,2,8H2,1H3/b9-5-. The van der Waals surface area contributed by atoms with Crippen molar-refractivity contribution < 1.29 is 14.3 Å². The molecule has 3 nitrogen and oxygen atoms in total. The number of hydrogen-bond acceptors (Lipinski definition) is 3. The highest BCUT2D eigenvalue weighted by atomic mass is 16.7. The number of ether oxygens (including phenoxy) is 2. The molecule has 1 heterocycles. The van der Waals surface area contributed by atoms with Gasteiger partial charge in [-0.2, -0.15) is 0 Å². The van der Waals surface area contributed by atoms with Crippen molar-refractivity contribution in [1.82, 2.24) is 0 Å². The van der Waals surface area contributed by atoms with Crippen molar-refractivity contribution in [3.8, 4) is 11.5 Å². The summed E-state index contributed by atoms with van der Waals surface area (Å²) < 4.78 is 10.4. The third-order valence-corrected chi connectivity index (χ3v) is 2.31. The molecular weight excluding hydrogens is 192 g/mol. The number of benzene rings is 1. The van der Waals surface area contributed by atoms with Gasteiger partial charge >= 0.3 is 0 Å². The molecule has 2 rings (SSSR count). The van der Waals surface area contributed by atoms with Crippen LogP contribution in [0, 0.1) is 0 Å². The first-order valence-electron chi connectivity index (χ1n) is 4.89. The molecular formula is C12H12O3. The minimum absolute atomic E-state index is 0.275.